The summed E-state index contributed by atoms with van der Waals surface area (Å²) in [5.74, 6) is 0.0254. The van der Waals surface area contributed by atoms with Gasteiger partial charge in [0, 0.05) is 11.6 Å². The highest BCUT2D eigenvalue weighted by atomic mass is 16.1. The van der Waals surface area contributed by atoms with Gasteiger partial charge < -0.3 is 5.32 Å². The summed E-state index contributed by atoms with van der Waals surface area (Å²) < 4.78 is 0. The monoisotopic (exact) mass is 191 g/mol. The fourth-order valence-corrected chi connectivity index (χ4v) is 1.23. The molecule has 2 heteroatoms. The molecule has 0 aliphatic carbocycles. The van der Waals surface area contributed by atoms with E-state index in [-0.39, 0.29) is 11.9 Å². The number of rotatable bonds is 3. The molecule has 0 bridgehead atoms. The molecule has 0 aromatic heterocycles. The number of aryl methyl sites for hydroxylation is 1. The standard InChI is InChI=1S/C12H17NO/c1-4-10(3)13-12(14)11-8-6-5-7-9(11)2/h5-8,10H,4H2,1-3H3,(H,13,14)/t10-/m0/s1. The average molecular weight is 191 g/mol. The molecule has 76 valence electrons. The van der Waals surface area contributed by atoms with Crippen LogP contribution in [0.1, 0.15) is 36.2 Å². The van der Waals surface area contributed by atoms with E-state index in [4.69, 9.17) is 0 Å². The SMILES string of the molecule is CC[C@H](C)NC(=O)c1ccccc1C. The summed E-state index contributed by atoms with van der Waals surface area (Å²) in [4.78, 5) is 11.7. The molecule has 0 heterocycles. The third kappa shape index (κ3) is 2.59. The van der Waals surface area contributed by atoms with Crippen LogP contribution >= 0.6 is 0 Å². The van der Waals surface area contributed by atoms with Crippen molar-refractivity contribution in [2.75, 3.05) is 0 Å². The summed E-state index contributed by atoms with van der Waals surface area (Å²) >= 11 is 0. The van der Waals surface area contributed by atoms with Crippen LogP contribution in [-0.4, -0.2) is 11.9 Å². The van der Waals surface area contributed by atoms with Crippen molar-refractivity contribution in [2.24, 2.45) is 0 Å². The highest BCUT2D eigenvalue weighted by Gasteiger charge is 2.09. The summed E-state index contributed by atoms with van der Waals surface area (Å²) in [5.41, 5.74) is 1.79. The van der Waals surface area contributed by atoms with E-state index in [1.165, 1.54) is 0 Å². The molecule has 0 spiro atoms. The lowest BCUT2D eigenvalue weighted by atomic mass is 10.1. The minimum Gasteiger partial charge on any atom is -0.350 e. The molecular weight excluding hydrogens is 174 g/mol. The summed E-state index contributed by atoms with van der Waals surface area (Å²) in [6.07, 6.45) is 0.956. The van der Waals surface area contributed by atoms with E-state index >= 15 is 0 Å². The van der Waals surface area contributed by atoms with Crippen molar-refractivity contribution in [3.05, 3.63) is 35.4 Å². The van der Waals surface area contributed by atoms with Gasteiger partial charge in [-0.05, 0) is 31.9 Å². The van der Waals surface area contributed by atoms with E-state index in [1.807, 2.05) is 38.1 Å². The quantitative estimate of drug-likeness (QED) is 0.781. The predicted octanol–water partition coefficient (Wildman–Crippen LogP) is 2.52. The van der Waals surface area contributed by atoms with Gasteiger partial charge in [0.2, 0.25) is 0 Å². The molecule has 1 aromatic carbocycles. The van der Waals surface area contributed by atoms with E-state index in [1.54, 1.807) is 0 Å². The largest absolute Gasteiger partial charge is 0.350 e. The number of hydrogen-bond acceptors (Lipinski definition) is 1. The van der Waals surface area contributed by atoms with Crippen molar-refractivity contribution in [3.63, 3.8) is 0 Å². The van der Waals surface area contributed by atoms with Crippen LogP contribution in [-0.2, 0) is 0 Å². The normalized spacial score (nSPS) is 12.2. The molecule has 1 aromatic rings. The van der Waals surface area contributed by atoms with Gasteiger partial charge in [-0.25, -0.2) is 0 Å². The Morgan fingerprint density at radius 1 is 1.43 bits per heavy atom. The summed E-state index contributed by atoms with van der Waals surface area (Å²) in [5, 5.41) is 2.95. The van der Waals surface area contributed by atoms with Gasteiger partial charge in [0.25, 0.3) is 5.91 Å². The van der Waals surface area contributed by atoms with E-state index in [9.17, 15) is 4.79 Å². The molecule has 2 nitrogen and oxygen atoms in total. The van der Waals surface area contributed by atoms with Gasteiger partial charge >= 0.3 is 0 Å². The number of carbonyl (C=O) groups excluding carboxylic acids is 1. The lowest BCUT2D eigenvalue weighted by Gasteiger charge is -2.12. The van der Waals surface area contributed by atoms with Gasteiger partial charge in [0.1, 0.15) is 0 Å². The fraction of sp³-hybridized carbons (Fsp3) is 0.417. The first-order chi connectivity index (χ1) is 6.65. The summed E-state index contributed by atoms with van der Waals surface area (Å²) in [7, 11) is 0. The van der Waals surface area contributed by atoms with E-state index in [2.05, 4.69) is 12.2 Å². The Morgan fingerprint density at radius 3 is 2.64 bits per heavy atom. The minimum absolute atomic E-state index is 0.0254. The van der Waals surface area contributed by atoms with Crippen molar-refractivity contribution in [1.82, 2.24) is 5.32 Å². The van der Waals surface area contributed by atoms with Gasteiger partial charge in [-0.1, -0.05) is 25.1 Å². The molecule has 1 atom stereocenters. The number of carbonyl (C=O) groups is 1. The molecule has 0 saturated heterocycles. The van der Waals surface area contributed by atoms with E-state index < -0.39 is 0 Å². The molecule has 1 N–H and O–H groups in total. The lowest BCUT2D eigenvalue weighted by molar-refractivity contribution is 0.0938. The maximum absolute atomic E-state index is 11.7. The molecule has 1 rings (SSSR count). The van der Waals surface area contributed by atoms with Crippen LogP contribution in [0.2, 0.25) is 0 Å². The Hall–Kier alpha value is -1.31. The van der Waals surface area contributed by atoms with Crippen molar-refractivity contribution in [2.45, 2.75) is 33.2 Å². The minimum atomic E-state index is 0.0254. The maximum atomic E-state index is 11.7. The average Bonchev–Trinajstić information content (AvgIpc) is 2.18. The highest BCUT2D eigenvalue weighted by molar-refractivity contribution is 5.95. The second kappa shape index (κ2) is 4.80. The van der Waals surface area contributed by atoms with Gasteiger partial charge in [0.05, 0.1) is 0 Å². The maximum Gasteiger partial charge on any atom is 0.251 e. The van der Waals surface area contributed by atoms with Crippen molar-refractivity contribution in [1.29, 1.82) is 0 Å². The molecule has 0 aliphatic heterocycles. The molecule has 0 fully saturated rings. The van der Waals surface area contributed by atoms with Gasteiger partial charge in [-0.3, -0.25) is 4.79 Å². The predicted molar refractivity (Wildman–Crippen MR) is 58.4 cm³/mol. The van der Waals surface area contributed by atoms with Crippen molar-refractivity contribution < 1.29 is 4.79 Å². The van der Waals surface area contributed by atoms with Gasteiger partial charge in [0.15, 0.2) is 0 Å². The number of amides is 1. The fourth-order valence-electron chi connectivity index (χ4n) is 1.23. The Kier molecular flexibility index (Phi) is 3.69. The Labute approximate surface area is 85.3 Å². The Balaban J connectivity index is 2.75. The molecule has 0 unspecified atom stereocenters. The number of hydrogen-bond donors (Lipinski definition) is 1. The topological polar surface area (TPSA) is 29.1 Å². The third-order valence-electron chi connectivity index (χ3n) is 2.38. The first kappa shape index (κ1) is 10.8. The second-order valence-electron chi connectivity index (χ2n) is 3.60. The third-order valence-corrected chi connectivity index (χ3v) is 2.38. The molecule has 1 amide bonds. The van der Waals surface area contributed by atoms with Crippen molar-refractivity contribution in [3.8, 4) is 0 Å². The molecule has 0 saturated carbocycles. The Morgan fingerprint density at radius 2 is 2.07 bits per heavy atom. The zero-order valence-corrected chi connectivity index (χ0v) is 9.00. The van der Waals surface area contributed by atoms with Gasteiger partial charge in [-0.15, -0.1) is 0 Å². The van der Waals surface area contributed by atoms with Crippen molar-refractivity contribution >= 4 is 5.91 Å². The van der Waals surface area contributed by atoms with Crippen LogP contribution < -0.4 is 5.32 Å². The summed E-state index contributed by atoms with van der Waals surface area (Å²) in [6, 6.07) is 7.87. The smallest absolute Gasteiger partial charge is 0.251 e. The van der Waals surface area contributed by atoms with Gasteiger partial charge in [-0.2, -0.15) is 0 Å². The van der Waals surface area contributed by atoms with Crippen LogP contribution in [0.15, 0.2) is 24.3 Å². The van der Waals surface area contributed by atoms with Crippen LogP contribution in [0.5, 0.6) is 0 Å². The van der Waals surface area contributed by atoms with E-state index in [0.29, 0.717) is 0 Å². The van der Waals surface area contributed by atoms with E-state index in [0.717, 1.165) is 17.5 Å². The second-order valence-corrected chi connectivity index (χ2v) is 3.60. The first-order valence-electron chi connectivity index (χ1n) is 5.01. The zero-order valence-electron chi connectivity index (χ0n) is 9.00. The van der Waals surface area contributed by atoms with Crippen LogP contribution in [0.4, 0.5) is 0 Å². The van der Waals surface area contributed by atoms with Crippen LogP contribution in [0.3, 0.4) is 0 Å². The summed E-state index contributed by atoms with van der Waals surface area (Å²) in [6.45, 7) is 6.02. The lowest BCUT2D eigenvalue weighted by Crippen LogP contribution is -2.32. The molecule has 0 radical (unpaired) electrons. The Bertz CT molecular complexity index is 320. The molecule has 14 heavy (non-hydrogen) atoms. The number of benzene rings is 1. The van der Waals surface area contributed by atoms with Crippen LogP contribution in [0.25, 0.3) is 0 Å². The zero-order chi connectivity index (χ0) is 10.6. The molecular formula is C12H17NO. The molecule has 0 aliphatic rings. The van der Waals surface area contributed by atoms with Crippen LogP contribution in [0, 0.1) is 6.92 Å². The number of nitrogens with one attached hydrogen (secondary N) is 1. The highest BCUT2D eigenvalue weighted by Crippen LogP contribution is 2.07. The first-order valence-corrected chi connectivity index (χ1v) is 5.01.